The molecule has 2 rings (SSSR count). The maximum absolute atomic E-state index is 6.12. The maximum atomic E-state index is 6.12. The molecule has 6 heteroatoms. The zero-order valence-electron chi connectivity index (χ0n) is 9.48. The Morgan fingerprint density at radius 1 is 0.737 bits per heavy atom. The van der Waals surface area contributed by atoms with Gasteiger partial charge in [0.25, 0.3) is 0 Å². The van der Waals surface area contributed by atoms with Gasteiger partial charge >= 0.3 is 0 Å². The minimum Gasteiger partial charge on any atom is -0.380 e. The van der Waals surface area contributed by atoms with Gasteiger partial charge in [0.05, 0.1) is 25.8 Å². The third kappa shape index (κ3) is 3.42. The van der Waals surface area contributed by atoms with E-state index in [0.717, 1.165) is 0 Å². The Kier molecular flexibility index (Phi) is 5.10. The molecule has 0 heterocycles. The van der Waals surface area contributed by atoms with Crippen LogP contribution in [-0.4, -0.2) is 0 Å². The summed E-state index contributed by atoms with van der Waals surface area (Å²) in [5.74, 6) is 0. The van der Waals surface area contributed by atoms with Crippen LogP contribution in [0.1, 0.15) is 5.56 Å². The van der Waals surface area contributed by atoms with Crippen LogP contribution in [0.4, 0.5) is 5.69 Å². The number of benzene rings is 2. The summed E-state index contributed by atoms with van der Waals surface area (Å²) in [6.07, 6.45) is 0. The second kappa shape index (κ2) is 6.43. The lowest BCUT2D eigenvalue weighted by Gasteiger charge is -2.12. The van der Waals surface area contributed by atoms with E-state index in [0.29, 0.717) is 42.9 Å². The zero-order valence-corrected chi connectivity index (χ0v) is 13.3. The van der Waals surface area contributed by atoms with Crippen molar-refractivity contribution in [3.63, 3.8) is 0 Å². The fraction of sp³-hybridized carbons (Fsp3) is 0.0769. The van der Waals surface area contributed by atoms with E-state index in [2.05, 4.69) is 5.32 Å². The normalized spacial score (nSPS) is 10.6. The Morgan fingerprint density at radius 2 is 1.37 bits per heavy atom. The van der Waals surface area contributed by atoms with E-state index in [9.17, 15) is 0 Å². The molecule has 0 aliphatic rings. The summed E-state index contributed by atoms with van der Waals surface area (Å²) in [4.78, 5) is 0. The molecule has 0 saturated heterocycles. The molecular formula is C13H8Cl5N. The highest BCUT2D eigenvalue weighted by Gasteiger charge is 2.10. The average Bonchev–Trinajstić information content (AvgIpc) is 2.39. The zero-order chi connectivity index (χ0) is 14.0. The lowest BCUT2D eigenvalue weighted by molar-refractivity contribution is 1.15. The summed E-state index contributed by atoms with van der Waals surface area (Å²) in [6, 6.07) is 8.70. The second-order valence-electron chi connectivity index (χ2n) is 3.78. The van der Waals surface area contributed by atoms with Crippen LogP contribution in [0.25, 0.3) is 0 Å². The molecule has 0 aliphatic heterocycles. The van der Waals surface area contributed by atoms with E-state index in [-0.39, 0.29) is 0 Å². The summed E-state index contributed by atoms with van der Waals surface area (Å²) < 4.78 is 0. The molecule has 0 bridgehead atoms. The summed E-state index contributed by atoms with van der Waals surface area (Å²) in [5, 5.41) is 5.50. The van der Waals surface area contributed by atoms with E-state index in [1.165, 1.54) is 0 Å². The first-order valence-corrected chi connectivity index (χ1v) is 7.20. The molecule has 19 heavy (non-hydrogen) atoms. The van der Waals surface area contributed by atoms with Crippen molar-refractivity contribution in [2.75, 3.05) is 5.32 Å². The van der Waals surface area contributed by atoms with Gasteiger partial charge in [-0.2, -0.15) is 0 Å². The molecule has 100 valence electrons. The Labute approximate surface area is 136 Å². The molecule has 0 aromatic heterocycles. The third-order valence-corrected chi connectivity index (χ3v) is 4.56. The van der Waals surface area contributed by atoms with Crippen molar-refractivity contribution < 1.29 is 0 Å². The van der Waals surface area contributed by atoms with E-state index in [1.807, 2.05) is 6.07 Å². The first kappa shape index (κ1) is 15.1. The number of hydrogen-bond donors (Lipinski definition) is 1. The molecule has 2 aromatic rings. The predicted octanol–water partition coefficient (Wildman–Crippen LogP) is 6.57. The van der Waals surface area contributed by atoms with Crippen LogP contribution in [0.2, 0.25) is 25.1 Å². The molecule has 0 spiro atoms. The van der Waals surface area contributed by atoms with Gasteiger partial charge in [0.15, 0.2) is 0 Å². The van der Waals surface area contributed by atoms with Crippen LogP contribution in [0, 0.1) is 0 Å². The minimum absolute atomic E-state index is 0.401. The van der Waals surface area contributed by atoms with Gasteiger partial charge in [-0.15, -0.1) is 0 Å². The van der Waals surface area contributed by atoms with Crippen LogP contribution in [-0.2, 0) is 6.54 Å². The third-order valence-electron chi connectivity index (χ3n) is 2.55. The lowest BCUT2D eigenvalue weighted by atomic mass is 10.2. The molecule has 1 nitrogen and oxygen atoms in total. The Morgan fingerprint density at radius 3 is 2.11 bits per heavy atom. The van der Waals surface area contributed by atoms with Crippen molar-refractivity contribution in [2.45, 2.75) is 6.54 Å². The maximum Gasteiger partial charge on any atom is 0.0823 e. The number of rotatable bonds is 3. The highest BCUT2D eigenvalue weighted by atomic mass is 35.5. The average molecular weight is 355 g/mol. The largest absolute Gasteiger partial charge is 0.380 e. The number of halogens is 5. The smallest absolute Gasteiger partial charge is 0.0823 e. The number of hydrogen-bond acceptors (Lipinski definition) is 1. The molecule has 0 aliphatic carbocycles. The molecule has 0 saturated carbocycles. The van der Waals surface area contributed by atoms with E-state index < -0.39 is 0 Å². The van der Waals surface area contributed by atoms with Crippen LogP contribution in [0.15, 0.2) is 30.3 Å². The highest BCUT2D eigenvalue weighted by molar-refractivity contribution is 6.44. The fourth-order valence-corrected chi connectivity index (χ4v) is 2.60. The van der Waals surface area contributed by atoms with Crippen molar-refractivity contribution in [3.05, 3.63) is 61.0 Å². The molecule has 1 N–H and O–H groups in total. The topological polar surface area (TPSA) is 12.0 Å². The van der Waals surface area contributed by atoms with Gasteiger partial charge in [-0.3, -0.25) is 0 Å². The SMILES string of the molecule is Clc1cccc(NCc2c(Cl)ccc(Cl)c2Cl)c1Cl. The summed E-state index contributed by atoms with van der Waals surface area (Å²) in [7, 11) is 0. The quantitative estimate of drug-likeness (QED) is 0.614. The fourth-order valence-electron chi connectivity index (χ4n) is 1.56. The molecule has 0 amide bonds. The lowest BCUT2D eigenvalue weighted by Crippen LogP contribution is -2.02. The van der Waals surface area contributed by atoms with Gasteiger partial charge in [-0.05, 0) is 24.3 Å². The summed E-state index contributed by atoms with van der Waals surface area (Å²) in [5.41, 5.74) is 1.42. The van der Waals surface area contributed by atoms with Gasteiger partial charge in [-0.1, -0.05) is 64.1 Å². The summed E-state index contributed by atoms with van der Waals surface area (Å²) in [6.45, 7) is 0.401. The van der Waals surface area contributed by atoms with E-state index in [1.54, 1.807) is 24.3 Å². The van der Waals surface area contributed by atoms with Gasteiger partial charge in [0.1, 0.15) is 0 Å². The first-order chi connectivity index (χ1) is 9.00. The van der Waals surface area contributed by atoms with E-state index in [4.69, 9.17) is 58.0 Å². The predicted molar refractivity (Wildman–Crippen MR) is 85.3 cm³/mol. The van der Waals surface area contributed by atoms with Crippen molar-refractivity contribution in [2.24, 2.45) is 0 Å². The van der Waals surface area contributed by atoms with E-state index >= 15 is 0 Å². The van der Waals surface area contributed by atoms with Crippen LogP contribution in [0.3, 0.4) is 0 Å². The monoisotopic (exact) mass is 353 g/mol. The van der Waals surface area contributed by atoms with Gasteiger partial charge in [-0.25, -0.2) is 0 Å². The van der Waals surface area contributed by atoms with Crippen molar-refractivity contribution >= 4 is 63.7 Å². The second-order valence-corrected chi connectivity index (χ2v) is 5.75. The highest BCUT2D eigenvalue weighted by Crippen LogP contribution is 2.34. The van der Waals surface area contributed by atoms with Crippen molar-refractivity contribution in [1.82, 2.24) is 0 Å². The van der Waals surface area contributed by atoms with Gasteiger partial charge < -0.3 is 5.32 Å². The molecule has 0 fully saturated rings. The Bertz CT molecular complexity index is 612. The standard InChI is InChI=1S/C13H8Cl5N/c14-8-4-5-10(16)12(17)7(8)6-19-11-3-1-2-9(15)13(11)18/h1-5,19H,6H2. The van der Waals surface area contributed by atoms with Crippen LogP contribution in [0.5, 0.6) is 0 Å². The Balaban J connectivity index is 2.24. The van der Waals surface area contributed by atoms with Crippen molar-refractivity contribution in [1.29, 1.82) is 0 Å². The Hall–Kier alpha value is -0.310. The van der Waals surface area contributed by atoms with Gasteiger partial charge in [0.2, 0.25) is 0 Å². The number of anilines is 1. The summed E-state index contributed by atoms with van der Waals surface area (Å²) >= 11 is 30.2. The first-order valence-electron chi connectivity index (χ1n) is 5.31. The minimum atomic E-state index is 0.401. The van der Waals surface area contributed by atoms with Crippen molar-refractivity contribution in [3.8, 4) is 0 Å². The van der Waals surface area contributed by atoms with Crippen LogP contribution < -0.4 is 5.32 Å². The molecule has 0 unspecified atom stereocenters. The number of nitrogens with one attached hydrogen (secondary N) is 1. The molecule has 0 radical (unpaired) electrons. The molecule has 2 aromatic carbocycles. The molecular weight excluding hydrogens is 347 g/mol. The van der Waals surface area contributed by atoms with Crippen LogP contribution >= 0.6 is 58.0 Å². The van der Waals surface area contributed by atoms with Gasteiger partial charge in [0, 0.05) is 17.1 Å². The molecule has 0 atom stereocenters.